The summed E-state index contributed by atoms with van der Waals surface area (Å²) >= 11 is 1.71. The van der Waals surface area contributed by atoms with Crippen molar-refractivity contribution >= 4 is 17.2 Å². The summed E-state index contributed by atoms with van der Waals surface area (Å²) in [6.07, 6.45) is 2.42. The summed E-state index contributed by atoms with van der Waals surface area (Å²) in [6, 6.07) is 4.22. The van der Waals surface area contributed by atoms with Gasteiger partial charge in [0.15, 0.2) is 0 Å². The van der Waals surface area contributed by atoms with Crippen molar-refractivity contribution in [1.82, 2.24) is 15.5 Å². The number of aryl methyl sites for hydroxylation is 1. The molecule has 17 heavy (non-hydrogen) atoms. The Morgan fingerprint density at radius 3 is 3.06 bits per heavy atom. The van der Waals surface area contributed by atoms with E-state index in [0.29, 0.717) is 5.56 Å². The first-order valence-electron chi connectivity index (χ1n) is 5.50. The van der Waals surface area contributed by atoms with Crippen molar-refractivity contribution < 1.29 is 4.79 Å². The molecule has 0 aromatic carbocycles. The molecular formula is C12H15N3OS. The van der Waals surface area contributed by atoms with Crippen molar-refractivity contribution in [3.8, 4) is 0 Å². The van der Waals surface area contributed by atoms with Gasteiger partial charge in [0.05, 0.1) is 11.8 Å². The molecule has 1 amide bonds. The summed E-state index contributed by atoms with van der Waals surface area (Å²) in [4.78, 5) is 13.2. The van der Waals surface area contributed by atoms with Gasteiger partial charge in [0.2, 0.25) is 0 Å². The molecule has 1 atom stereocenters. The lowest BCUT2D eigenvalue weighted by molar-refractivity contribution is 0.0939. The molecule has 2 rings (SSSR count). The number of carbonyl (C=O) groups is 1. The molecule has 2 heterocycles. The highest BCUT2D eigenvalue weighted by atomic mass is 32.1. The first kappa shape index (κ1) is 11.9. The van der Waals surface area contributed by atoms with Crippen molar-refractivity contribution in [2.75, 3.05) is 0 Å². The molecular weight excluding hydrogens is 234 g/mol. The maximum atomic E-state index is 11.9. The number of carbonyl (C=O) groups excluding carboxylic acids is 1. The van der Waals surface area contributed by atoms with Crippen LogP contribution >= 0.6 is 11.3 Å². The first-order chi connectivity index (χ1) is 8.16. The highest BCUT2D eigenvalue weighted by Gasteiger charge is 2.13. The fourth-order valence-corrected chi connectivity index (χ4v) is 2.50. The van der Waals surface area contributed by atoms with E-state index in [1.54, 1.807) is 17.5 Å². The number of thiophene rings is 1. The average molecular weight is 249 g/mol. The van der Waals surface area contributed by atoms with Crippen molar-refractivity contribution in [2.24, 2.45) is 0 Å². The second-order valence-electron chi connectivity index (χ2n) is 4.07. The Balaban J connectivity index is 1.93. The average Bonchev–Trinajstić information content (AvgIpc) is 2.88. The molecule has 0 saturated carbocycles. The molecule has 0 spiro atoms. The third-order valence-corrected chi connectivity index (χ3v) is 3.44. The fraction of sp³-hybridized carbons (Fsp3) is 0.333. The maximum absolute atomic E-state index is 11.9. The van der Waals surface area contributed by atoms with Gasteiger partial charge in [-0.25, -0.2) is 0 Å². The van der Waals surface area contributed by atoms with Crippen LogP contribution in [-0.2, 0) is 6.42 Å². The monoisotopic (exact) mass is 249 g/mol. The summed E-state index contributed by atoms with van der Waals surface area (Å²) in [5.41, 5.74) is 1.41. The smallest absolute Gasteiger partial charge is 0.254 e. The molecule has 4 nitrogen and oxygen atoms in total. The lowest BCUT2D eigenvalue weighted by Gasteiger charge is -2.12. The van der Waals surface area contributed by atoms with Crippen molar-refractivity contribution in [3.05, 3.63) is 39.8 Å². The van der Waals surface area contributed by atoms with Crippen LogP contribution < -0.4 is 5.32 Å². The van der Waals surface area contributed by atoms with E-state index < -0.39 is 0 Å². The normalized spacial score (nSPS) is 12.4. The van der Waals surface area contributed by atoms with E-state index in [9.17, 15) is 4.79 Å². The van der Waals surface area contributed by atoms with Crippen molar-refractivity contribution in [1.29, 1.82) is 0 Å². The Hall–Kier alpha value is -1.62. The van der Waals surface area contributed by atoms with Gasteiger partial charge in [0.1, 0.15) is 0 Å². The summed E-state index contributed by atoms with van der Waals surface area (Å²) in [6.45, 7) is 3.85. The van der Waals surface area contributed by atoms with E-state index >= 15 is 0 Å². The van der Waals surface area contributed by atoms with Gasteiger partial charge in [-0.1, -0.05) is 6.07 Å². The molecule has 5 heteroatoms. The zero-order chi connectivity index (χ0) is 12.3. The number of hydrogen-bond acceptors (Lipinski definition) is 3. The van der Waals surface area contributed by atoms with Crippen LogP contribution in [0.15, 0.2) is 23.7 Å². The minimum Gasteiger partial charge on any atom is -0.349 e. The minimum absolute atomic E-state index is 0.0692. The van der Waals surface area contributed by atoms with Crippen LogP contribution in [0.1, 0.15) is 27.9 Å². The molecule has 2 aromatic heterocycles. The Kier molecular flexibility index (Phi) is 3.58. The number of hydrogen-bond donors (Lipinski definition) is 2. The molecule has 0 saturated heterocycles. The van der Waals surface area contributed by atoms with Crippen LogP contribution in [0, 0.1) is 6.92 Å². The van der Waals surface area contributed by atoms with Gasteiger partial charge < -0.3 is 5.32 Å². The quantitative estimate of drug-likeness (QED) is 0.872. The lowest BCUT2D eigenvalue weighted by atomic mass is 10.2. The molecule has 2 N–H and O–H groups in total. The Labute approximate surface area is 104 Å². The Bertz CT molecular complexity index is 490. The summed E-state index contributed by atoms with van der Waals surface area (Å²) in [7, 11) is 0. The number of aromatic amines is 1. The number of nitrogens with zero attached hydrogens (tertiary/aromatic N) is 1. The lowest BCUT2D eigenvalue weighted by Crippen LogP contribution is -2.34. The second-order valence-corrected chi connectivity index (χ2v) is 5.10. The number of H-pyrrole nitrogens is 1. The van der Waals surface area contributed by atoms with E-state index in [1.807, 2.05) is 25.3 Å². The van der Waals surface area contributed by atoms with Crippen LogP contribution in [-0.4, -0.2) is 22.1 Å². The standard InChI is InChI=1S/C12H15N3OS/c1-8(6-10-4-3-5-17-10)14-12(16)11-7-13-15-9(11)2/h3-5,7-8H,6H2,1-2H3,(H,13,15)(H,14,16). The summed E-state index contributed by atoms with van der Waals surface area (Å²) in [5.74, 6) is -0.0692. The van der Waals surface area contributed by atoms with E-state index in [4.69, 9.17) is 0 Å². The van der Waals surface area contributed by atoms with Crippen LogP contribution in [0.5, 0.6) is 0 Å². The molecule has 90 valence electrons. The summed E-state index contributed by atoms with van der Waals surface area (Å²) in [5, 5.41) is 11.6. The molecule has 1 unspecified atom stereocenters. The zero-order valence-corrected chi connectivity index (χ0v) is 10.7. The molecule has 0 fully saturated rings. The van der Waals surface area contributed by atoms with Gasteiger partial charge in [0.25, 0.3) is 5.91 Å². The Morgan fingerprint density at radius 2 is 2.47 bits per heavy atom. The highest BCUT2D eigenvalue weighted by molar-refractivity contribution is 7.09. The van der Waals surface area contributed by atoms with E-state index in [2.05, 4.69) is 21.6 Å². The third-order valence-electron chi connectivity index (χ3n) is 2.54. The molecule has 2 aromatic rings. The number of amides is 1. The van der Waals surface area contributed by atoms with Gasteiger partial charge in [-0.3, -0.25) is 9.89 Å². The number of rotatable bonds is 4. The van der Waals surface area contributed by atoms with Crippen molar-refractivity contribution in [3.63, 3.8) is 0 Å². The predicted molar refractivity (Wildman–Crippen MR) is 68.3 cm³/mol. The van der Waals surface area contributed by atoms with E-state index in [-0.39, 0.29) is 11.9 Å². The van der Waals surface area contributed by atoms with Gasteiger partial charge in [-0.2, -0.15) is 5.10 Å². The third kappa shape index (κ3) is 2.94. The molecule has 0 aliphatic carbocycles. The predicted octanol–water partition coefficient (Wildman–Crippen LogP) is 2.14. The minimum atomic E-state index is -0.0692. The molecule has 0 aliphatic heterocycles. The van der Waals surface area contributed by atoms with Gasteiger partial charge >= 0.3 is 0 Å². The molecule has 0 bridgehead atoms. The Morgan fingerprint density at radius 1 is 1.65 bits per heavy atom. The topological polar surface area (TPSA) is 57.8 Å². The molecule has 0 aliphatic rings. The van der Waals surface area contributed by atoms with E-state index in [0.717, 1.165) is 12.1 Å². The van der Waals surface area contributed by atoms with Gasteiger partial charge in [-0.15, -0.1) is 11.3 Å². The first-order valence-corrected chi connectivity index (χ1v) is 6.38. The van der Waals surface area contributed by atoms with Gasteiger partial charge in [-0.05, 0) is 25.3 Å². The second kappa shape index (κ2) is 5.14. The van der Waals surface area contributed by atoms with Crippen molar-refractivity contribution in [2.45, 2.75) is 26.3 Å². The highest BCUT2D eigenvalue weighted by Crippen LogP contribution is 2.11. The van der Waals surface area contributed by atoms with E-state index in [1.165, 1.54) is 4.88 Å². The van der Waals surface area contributed by atoms with Crippen LogP contribution in [0.3, 0.4) is 0 Å². The number of aromatic nitrogens is 2. The fourth-order valence-electron chi connectivity index (χ4n) is 1.66. The molecule has 0 radical (unpaired) electrons. The van der Waals surface area contributed by atoms with Crippen LogP contribution in [0.4, 0.5) is 0 Å². The zero-order valence-electron chi connectivity index (χ0n) is 9.86. The van der Waals surface area contributed by atoms with Crippen LogP contribution in [0.25, 0.3) is 0 Å². The summed E-state index contributed by atoms with van der Waals surface area (Å²) < 4.78 is 0. The van der Waals surface area contributed by atoms with Crippen LogP contribution in [0.2, 0.25) is 0 Å². The van der Waals surface area contributed by atoms with Gasteiger partial charge in [0, 0.05) is 23.0 Å². The SMILES string of the molecule is Cc1[nH]ncc1C(=O)NC(C)Cc1cccs1. The maximum Gasteiger partial charge on any atom is 0.254 e. The largest absolute Gasteiger partial charge is 0.349 e. The number of nitrogens with one attached hydrogen (secondary N) is 2.